The Morgan fingerprint density at radius 3 is 3.10 bits per heavy atom. The Labute approximate surface area is 129 Å². The molecule has 0 saturated carbocycles. The maximum Gasteiger partial charge on any atom is 0.195 e. The maximum absolute atomic E-state index is 9.44. The van der Waals surface area contributed by atoms with Crippen LogP contribution in [0, 0.1) is 0 Å². The summed E-state index contributed by atoms with van der Waals surface area (Å²) in [4.78, 5) is 7.81. The minimum atomic E-state index is -0.292. The van der Waals surface area contributed by atoms with E-state index in [-0.39, 0.29) is 6.10 Å². The van der Waals surface area contributed by atoms with Crippen molar-refractivity contribution >= 4 is 22.1 Å². The summed E-state index contributed by atoms with van der Waals surface area (Å²) in [6.45, 7) is 4.85. The van der Waals surface area contributed by atoms with Crippen molar-refractivity contribution in [1.82, 2.24) is 14.7 Å². The van der Waals surface area contributed by atoms with Crippen LogP contribution in [0.1, 0.15) is 19.0 Å². The third-order valence-corrected chi connectivity index (χ3v) is 4.12. The van der Waals surface area contributed by atoms with E-state index >= 15 is 0 Å². The van der Waals surface area contributed by atoms with Gasteiger partial charge in [-0.1, -0.05) is 0 Å². The Balaban J connectivity index is 2.11. The first kappa shape index (κ1) is 16.2. The second-order valence-corrected chi connectivity index (χ2v) is 6.04. The molecule has 2 aromatic heterocycles. The monoisotopic (exact) mass is 312 g/mol. The predicted octanol–water partition coefficient (Wildman–Crippen LogP) is 1.34. The van der Waals surface area contributed by atoms with Gasteiger partial charge in [-0.05, 0) is 13.3 Å². The molecule has 1 atom stereocenters. The number of hydrogen-bond acceptors (Lipinski definition) is 6. The average molecular weight is 312 g/mol. The van der Waals surface area contributed by atoms with Crippen LogP contribution in [0.25, 0.3) is 4.96 Å². The lowest BCUT2D eigenvalue weighted by Gasteiger charge is -2.19. The van der Waals surface area contributed by atoms with E-state index in [1.165, 1.54) is 0 Å². The predicted molar refractivity (Wildman–Crippen MR) is 86.2 cm³/mol. The van der Waals surface area contributed by atoms with Gasteiger partial charge in [-0.2, -0.15) is 0 Å². The first-order chi connectivity index (χ1) is 10.1. The number of fused-ring (bicyclic) bond motifs is 1. The number of nitrogens with zero attached hydrogens (tertiary/aromatic N) is 3. The van der Waals surface area contributed by atoms with E-state index in [0.717, 1.165) is 42.5 Å². The zero-order valence-corrected chi connectivity index (χ0v) is 13.7. The highest BCUT2D eigenvalue weighted by molar-refractivity contribution is 7.15. The average Bonchev–Trinajstić information content (AvgIpc) is 3.02. The quantitative estimate of drug-likeness (QED) is 0.684. The zero-order valence-electron chi connectivity index (χ0n) is 12.9. The number of imidazole rings is 1. The summed E-state index contributed by atoms with van der Waals surface area (Å²) in [5.41, 5.74) is 1.15. The number of nitrogens with one attached hydrogen (secondary N) is 1. The number of anilines is 1. The standard InChI is InChI=1S/C14H24N4O2S/c1-11(19)4-6-17(2)13-12(10-15-5-8-20-3)18-7-9-21-14(18)16-13/h7,9,11,15,19H,4-6,8,10H2,1-3H3. The van der Waals surface area contributed by atoms with Crippen LogP contribution in [0.15, 0.2) is 11.6 Å². The van der Waals surface area contributed by atoms with Crippen LogP contribution < -0.4 is 10.2 Å². The van der Waals surface area contributed by atoms with Crippen molar-refractivity contribution in [3.63, 3.8) is 0 Å². The molecule has 2 rings (SSSR count). The van der Waals surface area contributed by atoms with Crippen LogP contribution in [0.5, 0.6) is 0 Å². The maximum atomic E-state index is 9.44. The summed E-state index contributed by atoms with van der Waals surface area (Å²) in [6.07, 6.45) is 2.49. The minimum Gasteiger partial charge on any atom is -0.393 e. The fourth-order valence-electron chi connectivity index (χ4n) is 2.16. The van der Waals surface area contributed by atoms with Gasteiger partial charge in [0.2, 0.25) is 0 Å². The molecular weight excluding hydrogens is 288 g/mol. The third-order valence-electron chi connectivity index (χ3n) is 3.36. The van der Waals surface area contributed by atoms with Gasteiger partial charge in [0.25, 0.3) is 0 Å². The van der Waals surface area contributed by atoms with Gasteiger partial charge < -0.3 is 20.1 Å². The summed E-state index contributed by atoms with van der Waals surface area (Å²) in [5, 5.41) is 14.9. The van der Waals surface area contributed by atoms with Gasteiger partial charge >= 0.3 is 0 Å². The van der Waals surface area contributed by atoms with Gasteiger partial charge in [-0.15, -0.1) is 11.3 Å². The fraction of sp³-hybridized carbons (Fsp3) is 0.643. The minimum absolute atomic E-state index is 0.292. The molecule has 2 aromatic rings. The van der Waals surface area contributed by atoms with Crippen molar-refractivity contribution in [2.24, 2.45) is 0 Å². The van der Waals surface area contributed by atoms with Crippen molar-refractivity contribution < 1.29 is 9.84 Å². The van der Waals surface area contributed by atoms with Crippen LogP contribution in [-0.2, 0) is 11.3 Å². The molecule has 0 fully saturated rings. The van der Waals surface area contributed by atoms with Crippen LogP contribution >= 0.6 is 11.3 Å². The molecule has 0 spiro atoms. The number of hydrogen-bond donors (Lipinski definition) is 2. The molecule has 7 heteroatoms. The molecule has 2 N–H and O–H groups in total. The van der Waals surface area contributed by atoms with E-state index in [4.69, 9.17) is 9.72 Å². The molecule has 0 bridgehead atoms. The number of aliphatic hydroxyl groups excluding tert-OH is 1. The van der Waals surface area contributed by atoms with Crippen LogP contribution in [0.4, 0.5) is 5.82 Å². The molecule has 0 aliphatic heterocycles. The van der Waals surface area contributed by atoms with Gasteiger partial charge in [-0.25, -0.2) is 4.98 Å². The highest BCUT2D eigenvalue weighted by Crippen LogP contribution is 2.24. The van der Waals surface area contributed by atoms with Gasteiger partial charge in [0.1, 0.15) is 0 Å². The van der Waals surface area contributed by atoms with E-state index in [9.17, 15) is 5.11 Å². The SMILES string of the molecule is COCCNCc1c(N(C)CCC(C)O)nc2sccn12. The van der Waals surface area contributed by atoms with Crippen molar-refractivity contribution in [3.8, 4) is 0 Å². The van der Waals surface area contributed by atoms with Crippen LogP contribution in [0.2, 0.25) is 0 Å². The molecular formula is C14H24N4O2S. The van der Waals surface area contributed by atoms with E-state index < -0.39 is 0 Å². The second-order valence-electron chi connectivity index (χ2n) is 5.17. The van der Waals surface area contributed by atoms with Crippen LogP contribution in [-0.4, -0.2) is 54.4 Å². The smallest absolute Gasteiger partial charge is 0.195 e. The first-order valence-electron chi connectivity index (χ1n) is 7.16. The Hall–Kier alpha value is -1.15. The molecule has 21 heavy (non-hydrogen) atoms. The van der Waals surface area contributed by atoms with Gasteiger partial charge in [0.05, 0.1) is 18.4 Å². The Bertz CT molecular complexity index is 552. The highest BCUT2D eigenvalue weighted by atomic mass is 32.1. The summed E-state index contributed by atoms with van der Waals surface area (Å²) in [6, 6.07) is 0. The lowest BCUT2D eigenvalue weighted by molar-refractivity contribution is 0.186. The molecule has 0 aromatic carbocycles. The summed E-state index contributed by atoms with van der Waals surface area (Å²) >= 11 is 1.63. The summed E-state index contributed by atoms with van der Waals surface area (Å²) in [5.74, 6) is 0.979. The summed E-state index contributed by atoms with van der Waals surface area (Å²) < 4.78 is 7.18. The van der Waals surface area contributed by atoms with Crippen molar-refractivity contribution in [1.29, 1.82) is 0 Å². The Morgan fingerprint density at radius 1 is 1.57 bits per heavy atom. The van der Waals surface area contributed by atoms with Gasteiger partial charge in [-0.3, -0.25) is 4.40 Å². The Kier molecular flexibility index (Phi) is 5.98. The third kappa shape index (κ3) is 4.16. The first-order valence-corrected chi connectivity index (χ1v) is 8.04. The molecule has 0 aliphatic carbocycles. The number of aromatic nitrogens is 2. The molecule has 2 heterocycles. The lowest BCUT2D eigenvalue weighted by atomic mass is 10.2. The van der Waals surface area contributed by atoms with Crippen molar-refractivity contribution in [2.45, 2.75) is 26.0 Å². The second kappa shape index (κ2) is 7.74. The van der Waals surface area contributed by atoms with E-state index in [0.29, 0.717) is 6.61 Å². The summed E-state index contributed by atoms with van der Waals surface area (Å²) in [7, 11) is 3.72. The number of methoxy groups -OCH3 is 1. The number of thiazole rings is 1. The molecule has 0 aliphatic rings. The normalized spacial score (nSPS) is 13.0. The highest BCUT2D eigenvalue weighted by Gasteiger charge is 2.16. The number of rotatable bonds is 9. The van der Waals surface area contributed by atoms with Crippen molar-refractivity contribution in [2.75, 3.05) is 38.8 Å². The molecule has 6 nitrogen and oxygen atoms in total. The van der Waals surface area contributed by atoms with E-state index in [1.54, 1.807) is 18.4 Å². The molecule has 0 radical (unpaired) electrons. The zero-order chi connectivity index (χ0) is 15.2. The Morgan fingerprint density at radius 2 is 2.38 bits per heavy atom. The number of ether oxygens (including phenoxy) is 1. The fourth-order valence-corrected chi connectivity index (χ4v) is 2.89. The molecule has 118 valence electrons. The lowest BCUT2D eigenvalue weighted by Crippen LogP contribution is -2.25. The van der Waals surface area contributed by atoms with Gasteiger partial charge in [0, 0.05) is 45.4 Å². The topological polar surface area (TPSA) is 62.0 Å². The molecule has 1 unspecified atom stereocenters. The largest absolute Gasteiger partial charge is 0.393 e. The number of aliphatic hydroxyl groups is 1. The van der Waals surface area contributed by atoms with Gasteiger partial charge in [0.15, 0.2) is 10.8 Å². The van der Waals surface area contributed by atoms with Crippen LogP contribution in [0.3, 0.4) is 0 Å². The van der Waals surface area contributed by atoms with E-state index in [2.05, 4.69) is 14.6 Å². The van der Waals surface area contributed by atoms with E-state index in [1.807, 2.05) is 25.5 Å². The van der Waals surface area contributed by atoms with Crippen molar-refractivity contribution in [3.05, 3.63) is 17.3 Å². The molecule has 0 saturated heterocycles. The molecule has 0 amide bonds.